The third kappa shape index (κ3) is 6.52. The Bertz CT molecular complexity index is 1030. The molecule has 3 rings (SSSR count). The number of nitrogens with one attached hydrogen (secondary N) is 1. The fourth-order valence-electron chi connectivity index (χ4n) is 3.18. The van der Waals surface area contributed by atoms with E-state index in [-0.39, 0.29) is 11.7 Å². The highest BCUT2D eigenvalue weighted by molar-refractivity contribution is 6.09. The fourth-order valence-corrected chi connectivity index (χ4v) is 3.18. The molecule has 1 unspecified atom stereocenters. The van der Waals surface area contributed by atoms with Crippen molar-refractivity contribution in [3.05, 3.63) is 83.0 Å². The van der Waals surface area contributed by atoms with Gasteiger partial charge in [-0.15, -0.1) is 0 Å². The summed E-state index contributed by atoms with van der Waals surface area (Å²) in [5.74, 6) is 0.935. The van der Waals surface area contributed by atoms with Crippen LogP contribution in [0.15, 0.2) is 70.2 Å². The van der Waals surface area contributed by atoms with Crippen LogP contribution < -0.4 is 11.1 Å². The zero-order valence-corrected chi connectivity index (χ0v) is 18.2. The molecule has 3 N–H and O–H groups in total. The molecule has 0 aliphatic heterocycles. The number of ketones is 1. The summed E-state index contributed by atoms with van der Waals surface area (Å²) < 4.78 is 5.33. The van der Waals surface area contributed by atoms with Gasteiger partial charge in [0.2, 0.25) is 5.88 Å². The van der Waals surface area contributed by atoms with Crippen LogP contribution in [0.2, 0.25) is 0 Å². The number of nitrogens with two attached hydrogens (primary N) is 1. The summed E-state index contributed by atoms with van der Waals surface area (Å²) in [5.41, 5.74) is 9.13. The molecular formula is C24H29N5O2. The van der Waals surface area contributed by atoms with E-state index >= 15 is 0 Å². The van der Waals surface area contributed by atoms with Crippen LogP contribution in [0.4, 0.5) is 5.88 Å². The molecule has 1 heterocycles. The lowest BCUT2D eigenvalue weighted by molar-refractivity contribution is 0.103. The zero-order chi connectivity index (χ0) is 22.2. The molecule has 0 amide bonds. The highest BCUT2D eigenvalue weighted by atomic mass is 16.5. The van der Waals surface area contributed by atoms with Crippen molar-refractivity contribution in [2.45, 2.75) is 19.3 Å². The highest BCUT2D eigenvalue weighted by Gasteiger charge is 2.14. The SMILES string of the molecule is CC(Cc1cc(NC(N)=NCCN(C)C)on1)c1cccc(C(=O)c2ccccc2)c1. The molecule has 1 aromatic heterocycles. The Morgan fingerprint density at radius 3 is 2.61 bits per heavy atom. The Kier molecular flexibility index (Phi) is 7.56. The molecule has 0 aliphatic carbocycles. The van der Waals surface area contributed by atoms with Crippen molar-refractivity contribution in [1.82, 2.24) is 10.1 Å². The Labute approximate surface area is 183 Å². The molecule has 2 aromatic carbocycles. The van der Waals surface area contributed by atoms with Gasteiger partial charge in [-0.2, -0.15) is 0 Å². The largest absolute Gasteiger partial charge is 0.370 e. The summed E-state index contributed by atoms with van der Waals surface area (Å²) in [7, 11) is 3.96. The second-order valence-corrected chi connectivity index (χ2v) is 7.80. The predicted molar refractivity (Wildman–Crippen MR) is 124 cm³/mol. The van der Waals surface area contributed by atoms with Gasteiger partial charge >= 0.3 is 0 Å². The van der Waals surface area contributed by atoms with Gasteiger partial charge < -0.3 is 15.2 Å². The topological polar surface area (TPSA) is 96.8 Å². The van der Waals surface area contributed by atoms with E-state index in [0.29, 0.717) is 35.9 Å². The lowest BCUT2D eigenvalue weighted by atomic mass is 9.93. The number of carbonyl (C=O) groups excluding carboxylic acids is 1. The van der Waals surface area contributed by atoms with Crippen molar-refractivity contribution in [3.8, 4) is 0 Å². The van der Waals surface area contributed by atoms with Gasteiger partial charge in [-0.05, 0) is 38.1 Å². The summed E-state index contributed by atoms with van der Waals surface area (Å²) in [6, 6.07) is 18.9. The van der Waals surface area contributed by atoms with Gasteiger partial charge in [0.05, 0.1) is 12.2 Å². The Balaban J connectivity index is 1.62. The average molecular weight is 420 g/mol. The van der Waals surface area contributed by atoms with Gasteiger partial charge in [0, 0.05) is 23.7 Å². The molecule has 162 valence electrons. The van der Waals surface area contributed by atoms with Crippen LogP contribution in [-0.4, -0.2) is 49.0 Å². The lowest BCUT2D eigenvalue weighted by Crippen LogP contribution is -2.24. The number of likely N-dealkylation sites (N-methyl/N-ethyl adjacent to an activating group) is 1. The van der Waals surface area contributed by atoms with Crippen LogP contribution >= 0.6 is 0 Å². The van der Waals surface area contributed by atoms with E-state index in [9.17, 15) is 4.79 Å². The maximum atomic E-state index is 12.7. The summed E-state index contributed by atoms with van der Waals surface area (Å²) in [6.45, 7) is 3.51. The summed E-state index contributed by atoms with van der Waals surface area (Å²) >= 11 is 0. The second-order valence-electron chi connectivity index (χ2n) is 7.80. The Morgan fingerprint density at radius 2 is 1.87 bits per heavy atom. The van der Waals surface area contributed by atoms with Crippen LogP contribution in [0.3, 0.4) is 0 Å². The van der Waals surface area contributed by atoms with Gasteiger partial charge in [0.15, 0.2) is 11.7 Å². The maximum Gasteiger partial charge on any atom is 0.231 e. The van der Waals surface area contributed by atoms with Crippen molar-refractivity contribution in [2.24, 2.45) is 10.7 Å². The molecule has 0 fully saturated rings. The first-order chi connectivity index (χ1) is 14.9. The first kappa shape index (κ1) is 22.2. The number of carbonyl (C=O) groups is 1. The third-order valence-corrected chi connectivity index (χ3v) is 4.91. The summed E-state index contributed by atoms with van der Waals surface area (Å²) in [5, 5.41) is 7.05. The summed E-state index contributed by atoms with van der Waals surface area (Å²) in [6.07, 6.45) is 0.672. The first-order valence-electron chi connectivity index (χ1n) is 10.3. The standard InChI is InChI=1S/C24H29N5O2/c1-17(14-21-16-22(31-28-21)27-24(25)26-12-13-29(2)3)19-10-7-11-20(15-19)23(30)18-8-5-4-6-9-18/h4-11,15-17H,12-14H2,1-3H3,(H3,25,26,27). The Morgan fingerprint density at radius 1 is 1.13 bits per heavy atom. The van der Waals surface area contributed by atoms with Crippen LogP contribution in [0.5, 0.6) is 0 Å². The molecule has 0 radical (unpaired) electrons. The highest BCUT2D eigenvalue weighted by Crippen LogP contribution is 2.23. The van der Waals surface area contributed by atoms with E-state index in [4.69, 9.17) is 10.3 Å². The smallest absolute Gasteiger partial charge is 0.231 e. The first-order valence-corrected chi connectivity index (χ1v) is 10.3. The molecule has 0 spiro atoms. The van der Waals surface area contributed by atoms with E-state index in [0.717, 1.165) is 17.8 Å². The molecule has 0 saturated carbocycles. The average Bonchev–Trinajstić information content (AvgIpc) is 3.20. The number of aromatic nitrogens is 1. The number of hydrogen-bond acceptors (Lipinski definition) is 5. The van der Waals surface area contributed by atoms with E-state index in [1.54, 1.807) is 0 Å². The minimum atomic E-state index is 0.0200. The quantitative estimate of drug-likeness (QED) is 0.313. The van der Waals surface area contributed by atoms with Crippen LogP contribution in [-0.2, 0) is 6.42 Å². The number of anilines is 1. The number of hydrogen-bond donors (Lipinski definition) is 2. The zero-order valence-electron chi connectivity index (χ0n) is 18.2. The third-order valence-electron chi connectivity index (χ3n) is 4.91. The van der Waals surface area contributed by atoms with Gasteiger partial charge in [-0.25, -0.2) is 0 Å². The number of nitrogens with zero attached hydrogens (tertiary/aromatic N) is 3. The van der Waals surface area contributed by atoms with Crippen molar-refractivity contribution in [2.75, 3.05) is 32.5 Å². The maximum absolute atomic E-state index is 12.7. The van der Waals surface area contributed by atoms with Crippen LogP contribution in [0, 0.1) is 0 Å². The second kappa shape index (κ2) is 10.5. The molecule has 0 saturated heterocycles. The van der Waals surface area contributed by atoms with E-state index in [1.165, 1.54) is 0 Å². The fraction of sp³-hybridized carbons (Fsp3) is 0.292. The van der Waals surface area contributed by atoms with Gasteiger partial charge in [0.1, 0.15) is 0 Å². The lowest BCUT2D eigenvalue weighted by Gasteiger charge is -2.11. The van der Waals surface area contributed by atoms with Crippen molar-refractivity contribution >= 4 is 17.6 Å². The van der Waals surface area contributed by atoms with E-state index < -0.39 is 0 Å². The molecule has 7 heteroatoms. The van der Waals surface area contributed by atoms with Crippen LogP contribution in [0.25, 0.3) is 0 Å². The van der Waals surface area contributed by atoms with Crippen molar-refractivity contribution in [3.63, 3.8) is 0 Å². The number of guanidine groups is 1. The molecule has 0 bridgehead atoms. The van der Waals surface area contributed by atoms with Crippen molar-refractivity contribution in [1.29, 1.82) is 0 Å². The van der Waals surface area contributed by atoms with Crippen molar-refractivity contribution < 1.29 is 9.32 Å². The number of aliphatic imine (C=N–C) groups is 1. The normalized spacial score (nSPS) is 12.7. The van der Waals surface area contributed by atoms with Gasteiger partial charge in [0.25, 0.3) is 0 Å². The molecule has 7 nitrogen and oxygen atoms in total. The molecule has 1 atom stereocenters. The minimum Gasteiger partial charge on any atom is -0.370 e. The van der Waals surface area contributed by atoms with E-state index in [1.807, 2.05) is 79.7 Å². The molecule has 31 heavy (non-hydrogen) atoms. The summed E-state index contributed by atoms with van der Waals surface area (Å²) in [4.78, 5) is 19.0. The van der Waals surface area contributed by atoms with E-state index in [2.05, 4.69) is 22.4 Å². The van der Waals surface area contributed by atoms with Gasteiger partial charge in [-0.1, -0.05) is 60.6 Å². The number of benzene rings is 2. The molecular weight excluding hydrogens is 390 g/mol. The predicted octanol–water partition coefficient (Wildman–Crippen LogP) is 3.54. The minimum absolute atomic E-state index is 0.0200. The molecule has 3 aromatic rings. The molecule has 0 aliphatic rings. The number of rotatable bonds is 9. The Hall–Kier alpha value is -3.45. The van der Waals surface area contributed by atoms with Crippen LogP contribution in [0.1, 0.15) is 40.0 Å². The monoisotopic (exact) mass is 419 g/mol. The van der Waals surface area contributed by atoms with Gasteiger partial charge in [-0.3, -0.25) is 15.1 Å².